The molecule has 0 spiro atoms. The lowest BCUT2D eigenvalue weighted by molar-refractivity contribution is 0.0945. The summed E-state index contributed by atoms with van der Waals surface area (Å²) >= 11 is 5.97. The molecule has 1 aromatic carbocycles. The predicted molar refractivity (Wildman–Crippen MR) is 89.2 cm³/mol. The van der Waals surface area contributed by atoms with E-state index in [0.29, 0.717) is 23.0 Å². The molecule has 1 unspecified atom stereocenters. The highest BCUT2D eigenvalue weighted by molar-refractivity contribution is 6.30. The van der Waals surface area contributed by atoms with Crippen LogP contribution in [0.4, 0.5) is 0 Å². The fourth-order valence-electron chi connectivity index (χ4n) is 1.82. The van der Waals surface area contributed by atoms with Crippen LogP contribution in [0.2, 0.25) is 5.02 Å². The number of likely N-dealkylation sites (N-methyl/N-ethyl adjacent to an activating group) is 1. The van der Waals surface area contributed by atoms with Gasteiger partial charge in [0.1, 0.15) is 0 Å². The molecule has 0 fully saturated rings. The van der Waals surface area contributed by atoms with Gasteiger partial charge >= 0.3 is 0 Å². The first-order valence-corrected chi connectivity index (χ1v) is 7.04. The Morgan fingerprint density at radius 2 is 2.18 bits per heavy atom. The van der Waals surface area contributed by atoms with Gasteiger partial charge in [-0.3, -0.25) is 4.79 Å². The van der Waals surface area contributed by atoms with Crippen LogP contribution in [-0.2, 0) is 0 Å². The number of nitrogens with one attached hydrogen (secondary N) is 2. The number of aromatic nitrogens is 3. The van der Waals surface area contributed by atoms with Gasteiger partial charge in [0.2, 0.25) is 0 Å². The highest BCUT2D eigenvalue weighted by Crippen LogP contribution is 2.16. The molecule has 0 bridgehead atoms. The van der Waals surface area contributed by atoms with Crippen molar-refractivity contribution < 1.29 is 4.79 Å². The molecule has 0 saturated carbocycles. The van der Waals surface area contributed by atoms with Crippen LogP contribution in [0.5, 0.6) is 0 Å². The molecule has 2 N–H and O–H groups in total. The Bertz CT molecular complexity index is 644. The van der Waals surface area contributed by atoms with E-state index in [4.69, 9.17) is 11.6 Å². The minimum absolute atomic E-state index is 0. The molecular weight excluding hydrogens is 325 g/mol. The Kier molecular flexibility index (Phi) is 6.80. The Morgan fingerprint density at radius 3 is 2.82 bits per heavy atom. The second-order valence-corrected chi connectivity index (χ2v) is 5.25. The molecule has 0 radical (unpaired) electrons. The number of carbonyl (C=O) groups is 1. The predicted octanol–water partition coefficient (Wildman–Crippen LogP) is 1.99. The zero-order chi connectivity index (χ0) is 15.4. The molecule has 1 atom stereocenters. The second-order valence-electron chi connectivity index (χ2n) is 4.81. The van der Waals surface area contributed by atoms with Crippen LogP contribution in [0.25, 0.3) is 5.69 Å². The topological polar surface area (TPSA) is 71.8 Å². The minimum Gasteiger partial charge on any atom is -0.349 e. The van der Waals surface area contributed by atoms with Crippen molar-refractivity contribution in [2.75, 3.05) is 13.6 Å². The van der Waals surface area contributed by atoms with E-state index in [1.807, 2.05) is 26.1 Å². The van der Waals surface area contributed by atoms with E-state index in [9.17, 15) is 4.79 Å². The van der Waals surface area contributed by atoms with Gasteiger partial charge in [0.25, 0.3) is 5.91 Å². The number of rotatable bonds is 5. The Labute approximate surface area is 140 Å². The molecule has 120 valence electrons. The Balaban J connectivity index is 0.00000242. The van der Waals surface area contributed by atoms with Gasteiger partial charge in [-0.1, -0.05) is 22.9 Å². The average molecular weight is 344 g/mol. The lowest BCUT2D eigenvalue weighted by atomic mass is 10.2. The molecule has 2 aromatic rings. The monoisotopic (exact) mass is 343 g/mol. The van der Waals surface area contributed by atoms with Crippen LogP contribution in [0.15, 0.2) is 24.3 Å². The third-order valence-corrected chi connectivity index (χ3v) is 3.46. The molecule has 0 aliphatic rings. The van der Waals surface area contributed by atoms with Gasteiger partial charge in [-0.05, 0) is 39.1 Å². The summed E-state index contributed by atoms with van der Waals surface area (Å²) in [6, 6.07) is 7.43. The fourth-order valence-corrected chi connectivity index (χ4v) is 2.01. The van der Waals surface area contributed by atoms with E-state index < -0.39 is 0 Å². The summed E-state index contributed by atoms with van der Waals surface area (Å²) in [6.45, 7) is 4.31. The van der Waals surface area contributed by atoms with Gasteiger partial charge in [-0.15, -0.1) is 17.5 Å². The molecule has 22 heavy (non-hydrogen) atoms. The van der Waals surface area contributed by atoms with Gasteiger partial charge in [-0.25, -0.2) is 4.68 Å². The van der Waals surface area contributed by atoms with Crippen molar-refractivity contribution in [3.63, 3.8) is 0 Å². The van der Waals surface area contributed by atoms with Gasteiger partial charge in [0, 0.05) is 17.6 Å². The standard InChI is InChI=1S/C14H18ClN5O.ClH/c1-9(16-3)8-17-14(21)13-10(2)20(19-18-13)12-6-4-5-11(15)7-12;/h4-7,9,16H,8H2,1-3H3,(H,17,21);1H. The number of halogens is 2. The first-order chi connectivity index (χ1) is 10.0. The summed E-state index contributed by atoms with van der Waals surface area (Å²) in [7, 11) is 1.84. The third kappa shape index (κ3) is 4.19. The van der Waals surface area contributed by atoms with Crippen molar-refractivity contribution in [3.05, 3.63) is 40.7 Å². The highest BCUT2D eigenvalue weighted by atomic mass is 35.5. The van der Waals surface area contributed by atoms with Gasteiger partial charge in [0.15, 0.2) is 5.69 Å². The lowest BCUT2D eigenvalue weighted by Crippen LogP contribution is -2.37. The van der Waals surface area contributed by atoms with Gasteiger partial charge < -0.3 is 10.6 Å². The number of hydrogen-bond acceptors (Lipinski definition) is 4. The van der Waals surface area contributed by atoms with Crippen molar-refractivity contribution in [3.8, 4) is 5.69 Å². The Hall–Kier alpha value is -1.63. The summed E-state index contributed by atoms with van der Waals surface area (Å²) in [6.07, 6.45) is 0. The van der Waals surface area contributed by atoms with E-state index in [1.165, 1.54) is 0 Å². The summed E-state index contributed by atoms with van der Waals surface area (Å²) in [5, 5.41) is 14.5. The number of benzene rings is 1. The first-order valence-electron chi connectivity index (χ1n) is 6.66. The summed E-state index contributed by atoms with van der Waals surface area (Å²) in [4.78, 5) is 12.1. The summed E-state index contributed by atoms with van der Waals surface area (Å²) in [5.41, 5.74) is 1.76. The number of nitrogens with zero attached hydrogens (tertiary/aromatic N) is 3. The van der Waals surface area contributed by atoms with Gasteiger partial charge in [0.05, 0.1) is 11.4 Å². The SMILES string of the molecule is CNC(C)CNC(=O)c1nnn(-c2cccc(Cl)c2)c1C.Cl. The van der Waals surface area contributed by atoms with Gasteiger partial charge in [-0.2, -0.15) is 0 Å². The van der Waals surface area contributed by atoms with E-state index >= 15 is 0 Å². The molecule has 0 aliphatic carbocycles. The van der Waals surface area contributed by atoms with Crippen LogP contribution in [0.1, 0.15) is 23.1 Å². The van der Waals surface area contributed by atoms with Crippen LogP contribution >= 0.6 is 24.0 Å². The Morgan fingerprint density at radius 1 is 1.45 bits per heavy atom. The third-order valence-electron chi connectivity index (χ3n) is 3.22. The highest BCUT2D eigenvalue weighted by Gasteiger charge is 2.17. The van der Waals surface area contributed by atoms with Crippen molar-refractivity contribution in [1.29, 1.82) is 0 Å². The molecule has 1 aromatic heterocycles. The molecule has 2 rings (SSSR count). The lowest BCUT2D eigenvalue weighted by Gasteiger charge is -2.10. The molecule has 8 heteroatoms. The number of amides is 1. The second kappa shape index (κ2) is 8.12. The number of carbonyl (C=O) groups excluding carboxylic acids is 1. The van der Waals surface area contributed by atoms with Crippen molar-refractivity contribution >= 4 is 29.9 Å². The molecule has 6 nitrogen and oxygen atoms in total. The van der Waals surface area contributed by atoms with E-state index in [-0.39, 0.29) is 24.4 Å². The summed E-state index contributed by atoms with van der Waals surface area (Å²) < 4.78 is 1.60. The maximum Gasteiger partial charge on any atom is 0.273 e. The molecule has 1 amide bonds. The maximum atomic E-state index is 12.1. The number of hydrogen-bond donors (Lipinski definition) is 2. The van der Waals surface area contributed by atoms with Crippen LogP contribution in [-0.4, -0.2) is 40.5 Å². The van der Waals surface area contributed by atoms with Crippen LogP contribution in [0, 0.1) is 6.92 Å². The molecule has 0 aliphatic heterocycles. The van der Waals surface area contributed by atoms with Crippen LogP contribution in [0.3, 0.4) is 0 Å². The van der Waals surface area contributed by atoms with E-state index in [0.717, 1.165) is 5.69 Å². The van der Waals surface area contributed by atoms with E-state index in [2.05, 4.69) is 20.9 Å². The first kappa shape index (κ1) is 18.4. The van der Waals surface area contributed by atoms with E-state index in [1.54, 1.807) is 23.7 Å². The minimum atomic E-state index is -0.233. The van der Waals surface area contributed by atoms with Crippen LogP contribution < -0.4 is 10.6 Å². The smallest absolute Gasteiger partial charge is 0.273 e. The van der Waals surface area contributed by atoms with Crippen molar-refractivity contribution in [2.24, 2.45) is 0 Å². The molecule has 1 heterocycles. The normalized spacial score (nSPS) is 11.6. The maximum absolute atomic E-state index is 12.1. The zero-order valence-electron chi connectivity index (χ0n) is 12.6. The van der Waals surface area contributed by atoms with Crippen molar-refractivity contribution in [1.82, 2.24) is 25.6 Å². The quantitative estimate of drug-likeness (QED) is 0.870. The molecular formula is C14H19Cl2N5O. The molecule has 0 saturated heterocycles. The fraction of sp³-hybridized carbons (Fsp3) is 0.357. The zero-order valence-corrected chi connectivity index (χ0v) is 14.2. The van der Waals surface area contributed by atoms with Crippen molar-refractivity contribution in [2.45, 2.75) is 19.9 Å². The summed E-state index contributed by atoms with van der Waals surface area (Å²) in [5.74, 6) is -0.233. The average Bonchev–Trinajstić information content (AvgIpc) is 2.86. The largest absolute Gasteiger partial charge is 0.349 e.